The van der Waals surface area contributed by atoms with Gasteiger partial charge in [-0.2, -0.15) is 0 Å². The number of aromatic nitrogens is 1. The SMILES string of the molecule is CC(C)Nc1ncccc1CN.Cl. The summed E-state index contributed by atoms with van der Waals surface area (Å²) in [6.45, 7) is 4.69. The fraction of sp³-hybridized carbons (Fsp3) is 0.444. The van der Waals surface area contributed by atoms with E-state index in [-0.39, 0.29) is 12.4 Å². The molecule has 3 nitrogen and oxygen atoms in total. The second kappa shape index (κ2) is 5.78. The third-order valence-electron chi connectivity index (χ3n) is 1.54. The van der Waals surface area contributed by atoms with Gasteiger partial charge in [-0.15, -0.1) is 12.4 Å². The molecule has 1 rings (SSSR count). The van der Waals surface area contributed by atoms with Gasteiger partial charge in [0, 0.05) is 24.3 Å². The molecule has 74 valence electrons. The largest absolute Gasteiger partial charge is 0.368 e. The van der Waals surface area contributed by atoms with E-state index >= 15 is 0 Å². The Hall–Kier alpha value is -0.800. The molecule has 0 aliphatic rings. The smallest absolute Gasteiger partial charge is 0.130 e. The summed E-state index contributed by atoms with van der Waals surface area (Å²) >= 11 is 0. The van der Waals surface area contributed by atoms with Gasteiger partial charge in [-0.1, -0.05) is 6.07 Å². The monoisotopic (exact) mass is 201 g/mol. The molecule has 3 N–H and O–H groups in total. The Morgan fingerprint density at radius 1 is 1.54 bits per heavy atom. The Kier molecular flexibility index (Phi) is 5.42. The highest BCUT2D eigenvalue weighted by Gasteiger charge is 2.01. The zero-order chi connectivity index (χ0) is 8.97. The second-order valence-electron chi connectivity index (χ2n) is 3.01. The van der Waals surface area contributed by atoms with Crippen LogP contribution in [0, 0.1) is 0 Å². The van der Waals surface area contributed by atoms with Gasteiger partial charge in [-0.25, -0.2) is 4.98 Å². The summed E-state index contributed by atoms with van der Waals surface area (Å²) in [7, 11) is 0. The topological polar surface area (TPSA) is 50.9 Å². The van der Waals surface area contributed by atoms with Crippen LogP contribution in [0.4, 0.5) is 5.82 Å². The first-order valence-electron chi connectivity index (χ1n) is 4.14. The molecule has 0 saturated heterocycles. The molecular weight excluding hydrogens is 186 g/mol. The number of rotatable bonds is 3. The minimum absolute atomic E-state index is 0. The summed E-state index contributed by atoms with van der Waals surface area (Å²) < 4.78 is 0. The van der Waals surface area contributed by atoms with Gasteiger partial charge in [-0.3, -0.25) is 0 Å². The fourth-order valence-corrected chi connectivity index (χ4v) is 1.01. The van der Waals surface area contributed by atoms with Gasteiger partial charge in [0.15, 0.2) is 0 Å². The summed E-state index contributed by atoms with van der Waals surface area (Å²) in [6, 6.07) is 4.27. The highest BCUT2D eigenvalue weighted by Crippen LogP contribution is 2.10. The molecule has 0 unspecified atom stereocenters. The number of hydrogen-bond donors (Lipinski definition) is 2. The Morgan fingerprint density at radius 3 is 2.77 bits per heavy atom. The van der Waals surface area contributed by atoms with E-state index in [9.17, 15) is 0 Å². The van der Waals surface area contributed by atoms with Gasteiger partial charge in [0.05, 0.1) is 0 Å². The van der Waals surface area contributed by atoms with E-state index in [2.05, 4.69) is 24.1 Å². The molecule has 1 aromatic heterocycles. The number of pyridine rings is 1. The van der Waals surface area contributed by atoms with Gasteiger partial charge in [0.25, 0.3) is 0 Å². The van der Waals surface area contributed by atoms with Crippen molar-refractivity contribution in [3.8, 4) is 0 Å². The molecule has 0 amide bonds. The van der Waals surface area contributed by atoms with Crippen molar-refractivity contribution in [2.75, 3.05) is 5.32 Å². The van der Waals surface area contributed by atoms with Crippen LogP contribution in [-0.4, -0.2) is 11.0 Å². The number of hydrogen-bond acceptors (Lipinski definition) is 3. The Morgan fingerprint density at radius 2 is 2.23 bits per heavy atom. The lowest BCUT2D eigenvalue weighted by atomic mass is 10.2. The van der Waals surface area contributed by atoms with Gasteiger partial charge in [-0.05, 0) is 19.9 Å². The van der Waals surface area contributed by atoms with Crippen molar-refractivity contribution >= 4 is 18.2 Å². The molecular formula is C9H16ClN3. The fourth-order valence-electron chi connectivity index (χ4n) is 1.01. The molecule has 13 heavy (non-hydrogen) atoms. The quantitative estimate of drug-likeness (QED) is 0.784. The maximum atomic E-state index is 5.55. The van der Waals surface area contributed by atoms with E-state index in [0.717, 1.165) is 11.4 Å². The van der Waals surface area contributed by atoms with Crippen molar-refractivity contribution in [3.63, 3.8) is 0 Å². The minimum Gasteiger partial charge on any atom is -0.368 e. The van der Waals surface area contributed by atoms with E-state index in [4.69, 9.17) is 5.73 Å². The van der Waals surface area contributed by atoms with Gasteiger partial charge in [0.1, 0.15) is 5.82 Å². The number of anilines is 1. The number of nitrogens with zero attached hydrogens (tertiary/aromatic N) is 1. The Bertz CT molecular complexity index is 250. The second-order valence-corrected chi connectivity index (χ2v) is 3.01. The zero-order valence-corrected chi connectivity index (χ0v) is 8.77. The Labute approximate surface area is 85.2 Å². The third-order valence-corrected chi connectivity index (χ3v) is 1.54. The average molecular weight is 202 g/mol. The minimum atomic E-state index is 0. The van der Waals surface area contributed by atoms with Gasteiger partial charge in [0.2, 0.25) is 0 Å². The van der Waals surface area contributed by atoms with Crippen molar-refractivity contribution in [2.45, 2.75) is 26.4 Å². The van der Waals surface area contributed by atoms with Crippen LogP contribution >= 0.6 is 12.4 Å². The maximum Gasteiger partial charge on any atom is 0.130 e. The van der Waals surface area contributed by atoms with Crippen LogP contribution in [0.25, 0.3) is 0 Å². The van der Waals surface area contributed by atoms with Crippen molar-refractivity contribution in [1.82, 2.24) is 4.98 Å². The van der Waals surface area contributed by atoms with Gasteiger partial charge < -0.3 is 11.1 Å². The van der Waals surface area contributed by atoms with Crippen molar-refractivity contribution in [2.24, 2.45) is 5.73 Å². The van der Waals surface area contributed by atoms with E-state index in [0.29, 0.717) is 12.6 Å². The molecule has 0 radical (unpaired) electrons. The first-order valence-corrected chi connectivity index (χ1v) is 4.14. The molecule has 0 spiro atoms. The molecule has 4 heteroatoms. The molecule has 1 heterocycles. The lowest BCUT2D eigenvalue weighted by Gasteiger charge is -2.11. The predicted molar refractivity (Wildman–Crippen MR) is 58.1 cm³/mol. The van der Waals surface area contributed by atoms with Crippen molar-refractivity contribution in [3.05, 3.63) is 23.9 Å². The highest BCUT2D eigenvalue weighted by atomic mass is 35.5. The summed E-state index contributed by atoms with van der Waals surface area (Å²) in [6.07, 6.45) is 1.77. The molecule has 0 aliphatic heterocycles. The molecule has 1 aromatic rings. The molecule has 0 saturated carbocycles. The molecule has 0 bridgehead atoms. The van der Waals surface area contributed by atoms with Crippen LogP contribution in [0.3, 0.4) is 0 Å². The molecule has 0 atom stereocenters. The van der Waals surface area contributed by atoms with E-state index < -0.39 is 0 Å². The van der Waals surface area contributed by atoms with E-state index in [1.54, 1.807) is 6.20 Å². The van der Waals surface area contributed by atoms with Gasteiger partial charge >= 0.3 is 0 Å². The van der Waals surface area contributed by atoms with E-state index in [1.807, 2.05) is 12.1 Å². The van der Waals surface area contributed by atoms with Crippen LogP contribution in [-0.2, 0) is 6.54 Å². The lowest BCUT2D eigenvalue weighted by Crippen LogP contribution is -2.14. The highest BCUT2D eigenvalue weighted by molar-refractivity contribution is 5.85. The normalized spacial score (nSPS) is 9.54. The van der Waals surface area contributed by atoms with Crippen LogP contribution in [0.15, 0.2) is 18.3 Å². The van der Waals surface area contributed by atoms with Crippen LogP contribution in [0.1, 0.15) is 19.4 Å². The lowest BCUT2D eigenvalue weighted by molar-refractivity contribution is 0.879. The standard InChI is InChI=1S/C9H15N3.ClH/c1-7(2)12-9-8(6-10)4-3-5-11-9;/h3-5,7H,6,10H2,1-2H3,(H,11,12);1H. The molecule has 0 fully saturated rings. The third kappa shape index (κ3) is 3.61. The van der Waals surface area contributed by atoms with Crippen molar-refractivity contribution in [1.29, 1.82) is 0 Å². The van der Waals surface area contributed by atoms with Crippen molar-refractivity contribution < 1.29 is 0 Å². The number of nitrogens with two attached hydrogens (primary N) is 1. The maximum absolute atomic E-state index is 5.55. The van der Waals surface area contributed by atoms with Crippen LogP contribution < -0.4 is 11.1 Å². The van der Waals surface area contributed by atoms with E-state index in [1.165, 1.54) is 0 Å². The summed E-state index contributed by atoms with van der Waals surface area (Å²) in [5.41, 5.74) is 6.61. The number of halogens is 1. The first-order chi connectivity index (χ1) is 5.74. The first kappa shape index (κ1) is 12.2. The Balaban J connectivity index is 0.00000144. The number of nitrogens with one attached hydrogen (secondary N) is 1. The summed E-state index contributed by atoms with van der Waals surface area (Å²) in [4.78, 5) is 4.20. The van der Waals surface area contributed by atoms with Crippen LogP contribution in [0.5, 0.6) is 0 Å². The van der Waals surface area contributed by atoms with Crippen LogP contribution in [0.2, 0.25) is 0 Å². The summed E-state index contributed by atoms with van der Waals surface area (Å²) in [5.74, 6) is 0.898. The molecule has 0 aromatic carbocycles. The summed E-state index contributed by atoms with van der Waals surface area (Å²) in [5, 5.41) is 3.23. The molecule has 0 aliphatic carbocycles. The zero-order valence-electron chi connectivity index (χ0n) is 7.95. The average Bonchev–Trinajstić information content (AvgIpc) is 2.04. The predicted octanol–water partition coefficient (Wildman–Crippen LogP) is 1.78.